The Morgan fingerprint density at radius 1 is 0.765 bits per heavy atom. The number of carbonyl (C=O) groups excluding carboxylic acids is 4. The quantitative estimate of drug-likeness (QED) is 0.193. The first-order valence-corrected chi connectivity index (χ1v) is 18.1. The van der Waals surface area contributed by atoms with Crippen molar-refractivity contribution in [2.24, 2.45) is 21.7 Å². The van der Waals surface area contributed by atoms with E-state index >= 15 is 0 Å². The van der Waals surface area contributed by atoms with Crippen LogP contribution in [0.1, 0.15) is 112 Å². The summed E-state index contributed by atoms with van der Waals surface area (Å²) in [5.74, 6) is -2.25. The van der Waals surface area contributed by atoms with Gasteiger partial charge in [-0.25, -0.2) is 14.4 Å². The van der Waals surface area contributed by atoms with Crippen molar-refractivity contribution in [3.05, 3.63) is 39.7 Å². The number of nitrogens with zero attached hydrogens (tertiary/aromatic N) is 1. The van der Waals surface area contributed by atoms with E-state index < -0.39 is 80.2 Å². The molecule has 0 spiro atoms. The molecule has 276 valence electrons. The fourth-order valence-corrected chi connectivity index (χ4v) is 9.39. The lowest BCUT2D eigenvalue weighted by atomic mass is 9.66. The molecule has 4 heterocycles. The van der Waals surface area contributed by atoms with Gasteiger partial charge in [0.1, 0.15) is 16.9 Å². The Hall–Kier alpha value is -3.93. The first kappa shape index (κ1) is 35.5. The van der Waals surface area contributed by atoms with Crippen LogP contribution in [0.25, 0.3) is 11.0 Å². The van der Waals surface area contributed by atoms with Gasteiger partial charge in [-0.2, -0.15) is 0 Å². The van der Waals surface area contributed by atoms with Crippen LogP contribution in [0.4, 0.5) is 0 Å². The molecule has 5 aliphatic rings. The molecule has 1 aromatic heterocycles. The van der Waals surface area contributed by atoms with Gasteiger partial charge in [0.25, 0.3) is 0 Å². The topological polar surface area (TPSA) is 148 Å². The summed E-state index contributed by atoms with van der Waals surface area (Å²) >= 11 is 0. The van der Waals surface area contributed by atoms with Crippen LogP contribution in [-0.2, 0) is 44.7 Å². The van der Waals surface area contributed by atoms with E-state index in [0.717, 1.165) is 13.1 Å². The fraction of sp³-hybridized carbons (Fsp3) is 0.667. The molecule has 2 aromatic rings. The molecule has 0 N–H and O–H groups in total. The molecule has 7 rings (SSSR count). The molecule has 0 amide bonds. The molecule has 1 aromatic carbocycles. The second-order valence-electron chi connectivity index (χ2n) is 17.1. The average Bonchev–Trinajstić information content (AvgIpc) is 3.52. The average molecular weight is 708 g/mol. The molecule has 3 aliphatic heterocycles. The molecule has 51 heavy (non-hydrogen) atoms. The maximum atomic E-state index is 14.6. The van der Waals surface area contributed by atoms with E-state index in [1.165, 1.54) is 0 Å². The highest BCUT2D eigenvalue weighted by Crippen LogP contribution is 2.67. The van der Waals surface area contributed by atoms with Gasteiger partial charge in [0.15, 0.2) is 12.2 Å². The molecule has 12 nitrogen and oxygen atoms in total. The van der Waals surface area contributed by atoms with Gasteiger partial charge in [-0.05, 0) is 84.7 Å². The summed E-state index contributed by atoms with van der Waals surface area (Å²) < 4.78 is 37.1. The number of rotatable bonds is 8. The SMILES string of the molecule is CCN(CC)Cc1cc2ccc3c(c2oc1=O)[C@@H](OC(=O)C12CCC(C)(C(=O)O1)C2(C)C)[C@@H](OC(=O)C12CCC(C)(C(=O)O1)C2(C)C)C(C)(C)O3. The Bertz CT molecular complexity index is 1940. The fourth-order valence-electron chi connectivity index (χ4n) is 9.39. The van der Waals surface area contributed by atoms with Gasteiger partial charge in [-0.3, -0.25) is 14.5 Å². The molecule has 2 aliphatic carbocycles. The van der Waals surface area contributed by atoms with Crippen molar-refractivity contribution in [1.82, 2.24) is 4.90 Å². The number of esters is 4. The van der Waals surface area contributed by atoms with Crippen molar-refractivity contribution < 1.29 is 47.3 Å². The molecule has 6 atom stereocenters. The Labute approximate surface area is 297 Å². The first-order chi connectivity index (χ1) is 23.7. The maximum absolute atomic E-state index is 14.6. The standard InChI is InChI=1S/C39H49NO11/c1-11-40(12-2)20-22-19-21-13-14-23-24(25(21)46-28(22)41)26(47-31(44)38-17-15-36(9,29(42)50-38)34(38,5)6)27(33(3,4)49-23)48-32(45)39-18-16-37(10,30(43)51-39)35(39,7)8/h13-14,19,26-27H,11-12,15-18,20H2,1-10H3/t26-,27-,36?,37?,38?,39?/m1/s1. The summed E-state index contributed by atoms with van der Waals surface area (Å²) in [6.45, 7) is 20.2. The van der Waals surface area contributed by atoms with Gasteiger partial charge in [-0.1, -0.05) is 41.5 Å². The number of fused-ring (bicyclic) bond motifs is 7. The molecule has 4 fully saturated rings. The van der Waals surface area contributed by atoms with Crippen molar-refractivity contribution in [2.75, 3.05) is 13.1 Å². The summed E-state index contributed by atoms with van der Waals surface area (Å²) in [5, 5.41) is 0.556. The predicted molar refractivity (Wildman–Crippen MR) is 182 cm³/mol. The summed E-state index contributed by atoms with van der Waals surface area (Å²) in [7, 11) is 0. The Balaban J connectivity index is 1.36. The highest BCUT2D eigenvalue weighted by molar-refractivity contribution is 5.95. The van der Waals surface area contributed by atoms with Gasteiger partial charge >= 0.3 is 29.5 Å². The number of benzene rings is 1. The van der Waals surface area contributed by atoms with Crippen molar-refractivity contribution >= 4 is 34.8 Å². The first-order valence-electron chi connectivity index (χ1n) is 18.1. The Morgan fingerprint density at radius 2 is 1.29 bits per heavy atom. The third-order valence-corrected chi connectivity index (χ3v) is 14.2. The zero-order valence-electron chi connectivity index (χ0n) is 31.3. The molecule has 2 saturated carbocycles. The van der Waals surface area contributed by atoms with Gasteiger partial charge < -0.3 is 28.1 Å². The van der Waals surface area contributed by atoms with Crippen LogP contribution < -0.4 is 10.4 Å². The van der Waals surface area contributed by atoms with Crippen molar-refractivity contribution in [2.45, 2.75) is 130 Å². The molecular weight excluding hydrogens is 658 g/mol. The minimum Gasteiger partial charge on any atom is -0.483 e. The molecule has 12 heteroatoms. The highest BCUT2D eigenvalue weighted by atomic mass is 16.7. The lowest BCUT2D eigenvalue weighted by Gasteiger charge is -2.45. The van der Waals surface area contributed by atoms with Crippen molar-refractivity contribution in [3.8, 4) is 5.75 Å². The minimum absolute atomic E-state index is 0.116. The smallest absolute Gasteiger partial charge is 0.351 e. The van der Waals surface area contributed by atoms with E-state index in [1.54, 1.807) is 45.9 Å². The molecule has 2 saturated heterocycles. The van der Waals surface area contributed by atoms with Crippen LogP contribution in [0, 0.1) is 21.7 Å². The highest BCUT2D eigenvalue weighted by Gasteiger charge is 2.78. The molecular formula is C39H49NO11. The normalized spacial score (nSPS) is 35.0. The third kappa shape index (κ3) is 4.31. The second-order valence-corrected chi connectivity index (χ2v) is 17.1. The monoisotopic (exact) mass is 707 g/mol. The zero-order valence-corrected chi connectivity index (χ0v) is 31.3. The lowest BCUT2D eigenvalue weighted by molar-refractivity contribution is -0.217. The maximum Gasteiger partial charge on any atom is 0.351 e. The number of hydrogen-bond donors (Lipinski definition) is 0. The van der Waals surface area contributed by atoms with Crippen LogP contribution in [0.15, 0.2) is 27.4 Å². The summed E-state index contributed by atoms with van der Waals surface area (Å²) in [4.78, 5) is 71.0. The van der Waals surface area contributed by atoms with Crippen LogP contribution in [0.2, 0.25) is 0 Å². The minimum atomic E-state index is -1.60. The van der Waals surface area contributed by atoms with E-state index in [2.05, 4.69) is 4.90 Å². The zero-order chi connectivity index (χ0) is 37.3. The van der Waals surface area contributed by atoms with Crippen LogP contribution in [0.3, 0.4) is 0 Å². The van der Waals surface area contributed by atoms with Crippen LogP contribution in [0.5, 0.6) is 5.75 Å². The van der Waals surface area contributed by atoms with Gasteiger partial charge in [0.2, 0.25) is 11.2 Å². The molecule has 4 bridgehead atoms. The van der Waals surface area contributed by atoms with Gasteiger partial charge in [-0.15, -0.1) is 0 Å². The van der Waals surface area contributed by atoms with Crippen molar-refractivity contribution in [1.29, 1.82) is 0 Å². The lowest BCUT2D eigenvalue weighted by Crippen LogP contribution is -2.57. The largest absolute Gasteiger partial charge is 0.483 e. The van der Waals surface area contributed by atoms with Crippen LogP contribution >= 0.6 is 0 Å². The second kappa shape index (κ2) is 10.8. The van der Waals surface area contributed by atoms with E-state index in [9.17, 15) is 24.0 Å². The Morgan fingerprint density at radius 3 is 1.76 bits per heavy atom. The third-order valence-electron chi connectivity index (χ3n) is 14.2. The van der Waals surface area contributed by atoms with E-state index in [-0.39, 0.29) is 29.7 Å². The van der Waals surface area contributed by atoms with Gasteiger partial charge in [0, 0.05) is 22.8 Å². The number of hydrogen-bond acceptors (Lipinski definition) is 12. The van der Waals surface area contributed by atoms with Crippen LogP contribution in [-0.4, -0.2) is 64.8 Å². The number of carbonyl (C=O) groups is 4. The summed E-state index contributed by atoms with van der Waals surface area (Å²) in [5.41, 5.74) is -7.91. The van der Waals surface area contributed by atoms with E-state index in [4.69, 9.17) is 28.1 Å². The van der Waals surface area contributed by atoms with E-state index in [0.29, 0.717) is 30.3 Å². The van der Waals surface area contributed by atoms with E-state index in [1.807, 2.05) is 41.5 Å². The Kier molecular flexibility index (Phi) is 7.51. The number of ether oxygens (including phenoxy) is 5. The van der Waals surface area contributed by atoms with Crippen molar-refractivity contribution in [3.63, 3.8) is 0 Å². The molecule has 4 unspecified atom stereocenters. The summed E-state index contributed by atoms with van der Waals surface area (Å²) in [6, 6.07) is 5.24. The van der Waals surface area contributed by atoms with Gasteiger partial charge in [0.05, 0.1) is 22.0 Å². The predicted octanol–water partition coefficient (Wildman–Crippen LogP) is 5.55. The summed E-state index contributed by atoms with van der Waals surface area (Å²) in [6.07, 6.45) is -1.31. The molecule has 0 radical (unpaired) electrons.